The van der Waals surface area contributed by atoms with E-state index in [1.54, 1.807) is 0 Å². The van der Waals surface area contributed by atoms with Crippen LogP contribution in [0.1, 0.15) is 28.0 Å². The first kappa shape index (κ1) is 12.1. The third kappa shape index (κ3) is 2.96. The number of aliphatic hydroxyl groups is 3. The van der Waals surface area contributed by atoms with Crippen molar-refractivity contribution in [2.75, 3.05) is 6.61 Å². The first-order valence-corrected chi connectivity index (χ1v) is 5.10. The average molecular weight is 233 g/mol. The first-order chi connectivity index (χ1) is 7.06. The summed E-state index contributed by atoms with van der Waals surface area (Å²) in [6.07, 6.45) is -2.37. The molecule has 1 heterocycles. The van der Waals surface area contributed by atoms with E-state index in [1.165, 1.54) is 5.38 Å². The SMILES string of the molecule is O=C(O)c1csc(C(O)C(O)CCO)n1. The van der Waals surface area contributed by atoms with E-state index in [0.717, 1.165) is 11.3 Å². The van der Waals surface area contributed by atoms with E-state index in [1.807, 2.05) is 0 Å². The number of carboxylic acids is 1. The van der Waals surface area contributed by atoms with Crippen LogP contribution in [0.5, 0.6) is 0 Å². The van der Waals surface area contributed by atoms with E-state index >= 15 is 0 Å². The highest BCUT2D eigenvalue weighted by Crippen LogP contribution is 2.22. The lowest BCUT2D eigenvalue weighted by Gasteiger charge is -2.13. The van der Waals surface area contributed by atoms with Crippen LogP contribution in [0.25, 0.3) is 0 Å². The fraction of sp³-hybridized carbons (Fsp3) is 0.500. The summed E-state index contributed by atoms with van der Waals surface area (Å²) < 4.78 is 0. The minimum absolute atomic E-state index is 0.0170. The molecule has 4 N–H and O–H groups in total. The van der Waals surface area contributed by atoms with Crippen molar-refractivity contribution >= 4 is 17.3 Å². The number of aromatic nitrogens is 1. The van der Waals surface area contributed by atoms with Gasteiger partial charge in [0.05, 0.1) is 6.10 Å². The maximum absolute atomic E-state index is 10.5. The van der Waals surface area contributed by atoms with Gasteiger partial charge in [0.25, 0.3) is 0 Å². The normalized spacial score (nSPS) is 14.9. The molecule has 0 spiro atoms. The van der Waals surface area contributed by atoms with Gasteiger partial charge in [0.1, 0.15) is 11.1 Å². The molecule has 0 aromatic carbocycles. The summed E-state index contributed by atoms with van der Waals surface area (Å²) in [4.78, 5) is 14.1. The number of rotatable bonds is 5. The Bertz CT molecular complexity index is 340. The summed E-state index contributed by atoms with van der Waals surface area (Å²) in [5.41, 5.74) is -0.162. The zero-order valence-corrected chi connectivity index (χ0v) is 8.52. The molecule has 0 aliphatic carbocycles. The number of carbonyl (C=O) groups is 1. The first-order valence-electron chi connectivity index (χ1n) is 4.22. The number of aliphatic hydroxyl groups excluding tert-OH is 3. The molecule has 0 saturated carbocycles. The molecule has 0 amide bonds. The quantitative estimate of drug-likeness (QED) is 0.551. The maximum Gasteiger partial charge on any atom is 0.355 e. The third-order valence-electron chi connectivity index (χ3n) is 1.78. The van der Waals surface area contributed by atoms with Crippen LogP contribution in [0.3, 0.4) is 0 Å². The van der Waals surface area contributed by atoms with Crippen molar-refractivity contribution in [1.82, 2.24) is 4.98 Å². The Morgan fingerprint density at radius 2 is 2.20 bits per heavy atom. The average Bonchev–Trinajstić information content (AvgIpc) is 2.65. The predicted molar refractivity (Wildman–Crippen MR) is 51.7 cm³/mol. The second-order valence-electron chi connectivity index (χ2n) is 2.90. The van der Waals surface area contributed by atoms with Gasteiger partial charge in [-0.15, -0.1) is 11.3 Å². The molecule has 2 unspecified atom stereocenters. The second-order valence-corrected chi connectivity index (χ2v) is 3.79. The monoisotopic (exact) mass is 233 g/mol. The van der Waals surface area contributed by atoms with Gasteiger partial charge in [-0.05, 0) is 6.42 Å². The molecule has 1 aromatic rings. The zero-order valence-electron chi connectivity index (χ0n) is 7.70. The Labute approximate surface area is 89.5 Å². The van der Waals surface area contributed by atoms with Gasteiger partial charge < -0.3 is 20.4 Å². The standard InChI is InChI=1S/C8H11NO5S/c10-2-1-5(11)6(12)7-9-4(3-15-7)8(13)14/h3,5-6,10-12H,1-2H2,(H,13,14). The summed E-state index contributed by atoms with van der Waals surface area (Å²) in [7, 11) is 0. The van der Waals surface area contributed by atoms with E-state index in [-0.39, 0.29) is 23.7 Å². The lowest BCUT2D eigenvalue weighted by molar-refractivity contribution is 0.00399. The molecular weight excluding hydrogens is 222 g/mol. The van der Waals surface area contributed by atoms with E-state index in [2.05, 4.69) is 4.98 Å². The summed E-state index contributed by atoms with van der Waals surface area (Å²) >= 11 is 0.957. The number of thiazole rings is 1. The number of hydrogen-bond donors (Lipinski definition) is 4. The summed E-state index contributed by atoms with van der Waals surface area (Å²) in [6.45, 7) is -0.255. The van der Waals surface area contributed by atoms with Gasteiger partial charge in [-0.3, -0.25) is 0 Å². The smallest absolute Gasteiger partial charge is 0.355 e. The fourth-order valence-electron chi connectivity index (χ4n) is 0.976. The number of nitrogens with zero attached hydrogens (tertiary/aromatic N) is 1. The molecule has 6 nitrogen and oxygen atoms in total. The molecule has 0 saturated heterocycles. The largest absolute Gasteiger partial charge is 0.476 e. The fourth-order valence-corrected chi connectivity index (χ4v) is 1.81. The van der Waals surface area contributed by atoms with Crippen LogP contribution in [-0.2, 0) is 0 Å². The predicted octanol–water partition coefficient (Wildman–Crippen LogP) is -0.382. The molecule has 0 aliphatic rings. The topological polar surface area (TPSA) is 111 Å². The van der Waals surface area contributed by atoms with Crippen LogP contribution >= 0.6 is 11.3 Å². The molecule has 0 fully saturated rings. The summed E-state index contributed by atoms with van der Waals surface area (Å²) in [5, 5.41) is 37.4. The third-order valence-corrected chi connectivity index (χ3v) is 2.70. The van der Waals surface area contributed by atoms with Crippen LogP contribution in [0.4, 0.5) is 0 Å². The lowest BCUT2D eigenvalue weighted by Crippen LogP contribution is -2.19. The van der Waals surface area contributed by atoms with Crippen molar-refractivity contribution in [1.29, 1.82) is 0 Å². The van der Waals surface area contributed by atoms with Gasteiger partial charge in [-0.2, -0.15) is 0 Å². The van der Waals surface area contributed by atoms with Gasteiger partial charge >= 0.3 is 5.97 Å². The van der Waals surface area contributed by atoms with E-state index in [9.17, 15) is 15.0 Å². The molecule has 15 heavy (non-hydrogen) atoms. The lowest BCUT2D eigenvalue weighted by atomic mass is 10.1. The number of hydrogen-bond acceptors (Lipinski definition) is 6. The van der Waals surface area contributed by atoms with Crippen molar-refractivity contribution in [2.45, 2.75) is 18.6 Å². The highest BCUT2D eigenvalue weighted by Gasteiger charge is 2.22. The molecular formula is C8H11NO5S. The van der Waals surface area contributed by atoms with Crippen molar-refractivity contribution in [2.24, 2.45) is 0 Å². The maximum atomic E-state index is 10.5. The second kappa shape index (κ2) is 5.17. The number of carboxylic acid groups (broad SMARTS) is 1. The highest BCUT2D eigenvalue weighted by molar-refractivity contribution is 7.09. The van der Waals surface area contributed by atoms with Gasteiger partial charge in [0.15, 0.2) is 5.69 Å². The van der Waals surface area contributed by atoms with Crippen LogP contribution < -0.4 is 0 Å². The molecule has 84 valence electrons. The Morgan fingerprint density at radius 3 is 2.67 bits per heavy atom. The van der Waals surface area contributed by atoms with Crippen molar-refractivity contribution < 1.29 is 25.2 Å². The summed E-state index contributed by atoms with van der Waals surface area (Å²) in [5.74, 6) is -1.18. The Hall–Kier alpha value is -1.02. The van der Waals surface area contributed by atoms with Crippen LogP contribution in [0, 0.1) is 0 Å². The van der Waals surface area contributed by atoms with Gasteiger partial charge in [-0.25, -0.2) is 9.78 Å². The molecule has 2 atom stereocenters. The Kier molecular flexibility index (Phi) is 4.15. The molecule has 1 aromatic heterocycles. The molecule has 7 heteroatoms. The van der Waals surface area contributed by atoms with Gasteiger partial charge in [0, 0.05) is 12.0 Å². The van der Waals surface area contributed by atoms with Crippen LogP contribution in [0.15, 0.2) is 5.38 Å². The van der Waals surface area contributed by atoms with E-state index < -0.39 is 18.2 Å². The molecule has 0 radical (unpaired) electrons. The molecule has 0 bridgehead atoms. The zero-order chi connectivity index (χ0) is 11.4. The van der Waals surface area contributed by atoms with E-state index in [4.69, 9.17) is 10.2 Å². The van der Waals surface area contributed by atoms with Crippen LogP contribution in [-0.4, -0.2) is 44.1 Å². The van der Waals surface area contributed by atoms with Gasteiger partial charge in [0.2, 0.25) is 0 Å². The molecule has 0 aliphatic heterocycles. The van der Waals surface area contributed by atoms with Crippen molar-refractivity contribution in [3.8, 4) is 0 Å². The van der Waals surface area contributed by atoms with Crippen LogP contribution in [0.2, 0.25) is 0 Å². The van der Waals surface area contributed by atoms with Crippen molar-refractivity contribution in [3.05, 3.63) is 16.1 Å². The summed E-state index contributed by atoms with van der Waals surface area (Å²) in [6, 6.07) is 0. The molecule has 1 rings (SSSR count). The minimum atomic E-state index is -1.25. The Balaban J connectivity index is 2.73. The highest BCUT2D eigenvalue weighted by atomic mass is 32.1. The Morgan fingerprint density at radius 1 is 1.53 bits per heavy atom. The van der Waals surface area contributed by atoms with E-state index in [0.29, 0.717) is 0 Å². The van der Waals surface area contributed by atoms with Crippen molar-refractivity contribution in [3.63, 3.8) is 0 Å². The number of aromatic carboxylic acids is 1. The van der Waals surface area contributed by atoms with Gasteiger partial charge in [-0.1, -0.05) is 0 Å². The minimum Gasteiger partial charge on any atom is -0.476 e.